The maximum atomic E-state index is 11.7. The van der Waals surface area contributed by atoms with Gasteiger partial charge in [0.2, 0.25) is 5.91 Å². The second-order valence-electron chi connectivity index (χ2n) is 4.66. The van der Waals surface area contributed by atoms with Crippen LogP contribution in [0.4, 0.5) is 0 Å². The number of benzene rings is 2. The molecule has 0 unspecified atom stereocenters. The van der Waals surface area contributed by atoms with Crippen molar-refractivity contribution in [1.29, 1.82) is 0 Å². The first-order valence-electron chi connectivity index (χ1n) is 6.06. The van der Waals surface area contributed by atoms with E-state index in [9.17, 15) is 4.79 Å². The van der Waals surface area contributed by atoms with Crippen molar-refractivity contribution < 1.29 is 4.79 Å². The molecule has 0 bridgehead atoms. The van der Waals surface area contributed by atoms with Crippen LogP contribution in [0.1, 0.15) is 12.5 Å². The molecule has 2 N–H and O–H groups in total. The number of nitrogens with zero attached hydrogens (tertiary/aromatic N) is 1. The molecule has 0 saturated carbocycles. The van der Waals surface area contributed by atoms with Crippen LogP contribution in [0.5, 0.6) is 0 Å². The van der Waals surface area contributed by atoms with Crippen molar-refractivity contribution in [2.45, 2.75) is 19.5 Å². The molecule has 0 aromatic heterocycles. The zero-order chi connectivity index (χ0) is 13.1. The summed E-state index contributed by atoms with van der Waals surface area (Å²) < 4.78 is 0. The Bertz CT molecular complexity index is 563. The van der Waals surface area contributed by atoms with Gasteiger partial charge in [-0.25, -0.2) is 0 Å². The molecule has 2 aromatic rings. The van der Waals surface area contributed by atoms with Crippen molar-refractivity contribution in [3.63, 3.8) is 0 Å². The maximum absolute atomic E-state index is 11.7. The summed E-state index contributed by atoms with van der Waals surface area (Å²) in [6, 6.07) is 14.0. The number of nitrogens with two attached hydrogens (primary N) is 1. The summed E-state index contributed by atoms with van der Waals surface area (Å²) in [5.41, 5.74) is 6.71. The molecule has 94 valence electrons. The third-order valence-electron chi connectivity index (χ3n) is 3.00. The van der Waals surface area contributed by atoms with Crippen LogP contribution in [-0.2, 0) is 11.3 Å². The van der Waals surface area contributed by atoms with Crippen LogP contribution in [0.15, 0.2) is 42.5 Å². The number of hydrogen-bond donors (Lipinski definition) is 1. The van der Waals surface area contributed by atoms with Gasteiger partial charge in [-0.1, -0.05) is 36.4 Å². The van der Waals surface area contributed by atoms with Crippen LogP contribution in [0.3, 0.4) is 0 Å². The third-order valence-corrected chi connectivity index (χ3v) is 3.00. The van der Waals surface area contributed by atoms with Crippen LogP contribution < -0.4 is 5.73 Å². The Kier molecular flexibility index (Phi) is 3.63. The van der Waals surface area contributed by atoms with Crippen LogP contribution in [0.25, 0.3) is 10.8 Å². The van der Waals surface area contributed by atoms with Crippen molar-refractivity contribution in [1.82, 2.24) is 4.90 Å². The maximum Gasteiger partial charge on any atom is 0.239 e. The fourth-order valence-corrected chi connectivity index (χ4v) is 2.04. The minimum absolute atomic E-state index is 0.0387. The largest absolute Gasteiger partial charge is 0.340 e. The minimum atomic E-state index is -0.449. The van der Waals surface area contributed by atoms with E-state index in [1.165, 1.54) is 10.8 Å². The Morgan fingerprint density at radius 3 is 2.56 bits per heavy atom. The predicted molar refractivity (Wildman–Crippen MR) is 74.1 cm³/mol. The summed E-state index contributed by atoms with van der Waals surface area (Å²) in [5.74, 6) is -0.0387. The number of hydrogen-bond acceptors (Lipinski definition) is 2. The van der Waals surface area contributed by atoms with Gasteiger partial charge in [0.25, 0.3) is 0 Å². The highest BCUT2D eigenvalue weighted by molar-refractivity contribution is 5.83. The molecule has 0 spiro atoms. The van der Waals surface area contributed by atoms with Crippen LogP contribution in [0, 0.1) is 0 Å². The summed E-state index contributed by atoms with van der Waals surface area (Å²) in [6.07, 6.45) is 0. The molecule has 0 aliphatic heterocycles. The van der Waals surface area contributed by atoms with Gasteiger partial charge in [0.1, 0.15) is 0 Å². The zero-order valence-electron chi connectivity index (χ0n) is 10.8. The van der Waals surface area contributed by atoms with Gasteiger partial charge < -0.3 is 10.6 Å². The first kappa shape index (κ1) is 12.6. The first-order valence-corrected chi connectivity index (χ1v) is 6.06. The lowest BCUT2D eigenvalue weighted by molar-refractivity contribution is -0.131. The highest BCUT2D eigenvalue weighted by Crippen LogP contribution is 2.16. The number of fused-ring (bicyclic) bond motifs is 1. The standard InChI is InChI=1S/C15H18N2O/c1-11(16)15(18)17(2)10-12-7-8-13-5-3-4-6-14(13)9-12/h3-9,11H,10,16H2,1-2H3/t11-/m1/s1. The first-order chi connectivity index (χ1) is 8.58. The van der Waals surface area contributed by atoms with Crippen LogP contribution in [-0.4, -0.2) is 23.9 Å². The van der Waals surface area contributed by atoms with Gasteiger partial charge in [0.15, 0.2) is 0 Å². The van der Waals surface area contributed by atoms with Gasteiger partial charge in [-0.15, -0.1) is 0 Å². The molecule has 2 aromatic carbocycles. The van der Waals surface area contributed by atoms with Crippen molar-refractivity contribution in [2.75, 3.05) is 7.05 Å². The normalized spacial score (nSPS) is 12.4. The number of likely N-dealkylation sites (N-methyl/N-ethyl adjacent to an activating group) is 1. The van der Waals surface area contributed by atoms with E-state index < -0.39 is 6.04 Å². The smallest absolute Gasteiger partial charge is 0.239 e. The van der Waals surface area contributed by atoms with Crippen molar-refractivity contribution in [2.24, 2.45) is 5.73 Å². The Labute approximate surface area is 107 Å². The summed E-state index contributed by atoms with van der Waals surface area (Å²) in [4.78, 5) is 13.4. The molecule has 0 aliphatic rings. The summed E-state index contributed by atoms with van der Waals surface area (Å²) in [7, 11) is 1.78. The van der Waals surface area contributed by atoms with Crippen molar-refractivity contribution >= 4 is 16.7 Å². The van der Waals surface area contributed by atoms with E-state index in [1.54, 1.807) is 18.9 Å². The lowest BCUT2D eigenvalue weighted by atomic mass is 10.1. The molecule has 0 radical (unpaired) electrons. The molecule has 3 nitrogen and oxygen atoms in total. The summed E-state index contributed by atoms with van der Waals surface area (Å²) in [5, 5.41) is 2.40. The fourth-order valence-electron chi connectivity index (χ4n) is 2.04. The average molecular weight is 242 g/mol. The molecule has 0 saturated heterocycles. The molecule has 1 atom stereocenters. The molecule has 3 heteroatoms. The van der Waals surface area contributed by atoms with E-state index in [-0.39, 0.29) is 5.91 Å². The van der Waals surface area contributed by atoms with Gasteiger partial charge in [0, 0.05) is 13.6 Å². The Morgan fingerprint density at radius 1 is 1.22 bits per heavy atom. The SMILES string of the molecule is C[C@@H](N)C(=O)N(C)Cc1ccc2ccccc2c1. The topological polar surface area (TPSA) is 46.3 Å². The fraction of sp³-hybridized carbons (Fsp3) is 0.267. The van der Waals surface area contributed by atoms with E-state index in [0.717, 1.165) is 5.56 Å². The van der Waals surface area contributed by atoms with Gasteiger partial charge in [-0.3, -0.25) is 4.79 Å². The quantitative estimate of drug-likeness (QED) is 0.896. The monoisotopic (exact) mass is 242 g/mol. The Hall–Kier alpha value is -1.87. The Balaban J connectivity index is 2.19. The van der Waals surface area contributed by atoms with E-state index in [4.69, 9.17) is 5.73 Å². The molecule has 0 aliphatic carbocycles. The number of amides is 1. The van der Waals surface area contributed by atoms with E-state index >= 15 is 0 Å². The van der Waals surface area contributed by atoms with E-state index in [0.29, 0.717) is 6.54 Å². The number of rotatable bonds is 3. The second kappa shape index (κ2) is 5.19. The average Bonchev–Trinajstić information content (AvgIpc) is 2.37. The molecular formula is C15H18N2O. The molecule has 18 heavy (non-hydrogen) atoms. The molecule has 2 rings (SSSR count). The number of carbonyl (C=O) groups excluding carboxylic acids is 1. The number of carbonyl (C=O) groups is 1. The Morgan fingerprint density at radius 2 is 1.89 bits per heavy atom. The van der Waals surface area contributed by atoms with Crippen molar-refractivity contribution in [3.8, 4) is 0 Å². The third kappa shape index (κ3) is 2.68. The van der Waals surface area contributed by atoms with Gasteiger partial charge >= 0.3 is 0 Å². The van der Waals surface area contributed by atoms with Gasteiger partial charge in [-0.05, 0) is 29.3 Å². The van der Waals surface area contributed by atoms with E-state index in [1.807, 2.05) is 18.2 Å². The van der Waals surface area contributed by atoms with Gasteiger partial charge in [0.05, 0.1) is 6.04 Å². The van der Waals surface area contributed by atoms with Crippen molar-refractivity contribution in [3.05, 3.63) is 48.0 Å². The summed E-state index contributed by atoms with van der Waals surface area (Å²) in [6.45, 7) is 2.30. The van der Waals surface area contributed by atoms with E-state index in [2.05, 4.69) is 24.3 Å². The minimum Gasteiger partial charge on any atom is -0.340 e. The molecule has 0 heterocycles. The predicted octanol–water partition coefficient (Wildman–Crippen LogP) is 2.15. The second-order valence-corrected chi connectivity index (χ2v) is 4.66. The highest BCUT2D eigenvalue weighted by atomic mass is 16.2. The van der Waals surface area contributed by atoms with Crippen LogP contribution >= 0.6 is 0 Å². The molecule has 1 amide bonds. The summed E-state index contributed by atoms with van der Waals surface area (Å²) >= 11 is 0. The lowest BCUT2D eigenvalue weighted by Crippen LogP contribution is -2.39. The van der Waals surface area contributed by atoms with Crippen LogP contribution in [0.2, 0.25) is 0 Å². The zero-order valence-corrected chi connectivity index (χ0v) is 10.8. The van der Waals surface area contributed by atoms with Gasteiger partial charge in [-0.2, -0.15) is 0 Å². The molecule has 0 fully saturated rings. The molecular weight excluding hydrogens is 224 g/mol. The lowest BCUT2D eigenvalue weighted by Gasteiger charge is -2.19. The highest BCUT2D eigenvalue weighted by Gasteiger charge is 2.13.